The summed E-state index contributed by atoms with van der Waals surface area (Å²) in [6.45, 7) is 0. The van der Waals surface area contributed by atoms with Crippen molar-refractivity contribution >= 4 is 11.7 Å². The predicted octanol–water partition coefficient (Wildman–Crippen LogP) is -0.343. The van der Waals surface area contributed by atoms with E-state index in [1.165, 1.54) is 25.3 Å². The van der Waals surface area contributed by atoms with Crippen LogP contribution in [0.15, 0.2) is 18.2 Å². The first kappa shape index (κ1) is 9.18. The van der Waals surface area contributed by atoms with Crippen LogP contribution in [0.3, 0.4) is 0 Å². The van der Waals surface area contributed by atoms with Crippen molar-refractivity contribution < 1.29 is 19.8 Å². The summed E-state index contributed by atoms with van der Waals surface area (Å²) < 4.78 is 4.41. The molecule has 0 saturated carbocycles. The van der Waals surface area contributed by atoms with E-state index in [-0.39, 0.29) is 17.0 Å². The second-order valence-electron chi connectivity index (χ2n) is 2.36. The summed E-state index contributed by atoms with van der Waals surface area (Å²) in [7, 11) is 1.22. The average molecular weight is 182 g/mol. The molecule has 0 unspecified atom stereocenters. The van der Waals surface area contributed by atoms with Gasteiger partial charge in [-0.3, -0.25) is 0 Å². The maximum Gasteiger partial charge on any atom is 0.338 e. The monoisotopic (exact) mass is 182 g/mol. The summed E-state index contributed by atoms with van der Waals surface area (Å²) >= 11 is 0. The van der Waals surface area contributed by atoms with Crippen molar-refractivity contribution in [3.63, 3.8) is 0 Å². The molecule has 0 aliphatic heterocycles. The molecule has 0 bridgehead atoms. The number of carbonyl (C=O) groups excluding carboxylic acids is 1. The van der Waals surface area contributed by atoms with E-state index in [1.807, 2.05) is 0 Å². The van der Waals surface area contributed by atoms with Gasteiger partial charge in [0, 0.05) is 16.2 Å². The number of aromatic hydroxyl groups is 1. The Labute approximate surface area is 73.9 Å². The normalized spacial score (nSPS) is 9.31. The van der Waals surface area contributed by atoms with E-state index < -0.39 is 5.97 Å². The van der Waals surface area contributed by atoms with Crippen LogP contribution in [0.1, 0.15) is 10.4 Å². The lowest BCUT2D eigenvalue weighted by atomic mass is 10.2. The van der Waals surface area contributed by atoms with Gasteiger partial charge in [0.1, 0.15) is 5.75 Å². The van der Waals surface area contributed by atoms with Crippen LogP contribution in [0.25, 0.3) is 0 Å². The number of phenols is 1. The molecule has 68 valence electrons. The Morgan fingerprint density at radius 3 is 2.69 bits per heavy atom. The van der Waals surface area contributed by atoms with Crippen LogP contribution in [0, 0.1) is 4.91 Å². The number of nitrogens with one attached hydrogen (secondary N) is 1. The first-order chi connectivity index (χ1) is 6.17. The Bertz CT molecular complexity index is 348. The van der Waals surface area contributed by atoms with Crippen molar-refractivity contribution in [2.75, 3.05) is 7.11 Å². The van der Waals surface area contributed by atoms with E-state index in [0.717, 1.165) is 0 Å². The summed E-state index contributed by atoms with van der Waals surface area (Å²) in [6, 6.07) is 3.71. The van der Waals surface area contributed by atoms with E-state index in [1.54, 1.807) is 5.18 Å². The number of esters is 1. The predicted molar refractivity (Wildman–Crippen MR) is 43.4 cm³/mol. The van der Waals surface area contributed by atoms with Crippen LogP contribution in [0.2, 0.25) is 0 Å². The highest BCUT2D eigenvalue weighted by atomic mass is 16.5. The Morgan fingerprint density at radius 2 is 2.15 bits per heavy atom. The molecule has 0 spiro atoms. The second-order valence-corrected chi connectivity index (χ2v) is 2.36. The highest BCUT2D eigenvalue weighted by Crippen LogP contribution is 2.16. The number of benzene rings is 1. The zero-order valence-corrected chi connectivity index (χ0v) is 6.90. The molecule has 5 nitrogen and oxygen atoms in total. The van der Waals surface area contributed by atoms with Gasteiger partial charge < -0.3 is 9.84 Å². The summed E-state index contributed by atoms with van der Waals surface area (Å²) in [5, 5.41) is 10.7. The van der Waals surface area contributed by atoms with Gasteiger partial charge in [-0.2, -0.15) is 0 Å². The fraction of sp³-hybridized carbons (Fsp3) is 0.125. The number of hydrogen-bond acceptors (Lipinski definition) is 4. The maximum atomic E-state index is 11.0. The lowest BCUT2D eigenvalue weighted by Gasteiger charge is -1.97. The van der Waals surface area contributed by atoms with Crippen LogP contribution in [0.4, 0.5) is 5.69 Å². The van der Waals surface area contributed by atoms with Gasteiger partial charge in [0.2, 0.25) is 0 Å². The van der Waals surface area contributed by atoms with Crippen LogP contribution >= 0.6 is 0 Å². The third-order valence-electron chi connectivity index (χ3n) is 1.46. The molecule has 0 fully saturated rings. The Morgan fingerprint density at radius 1 is 1.46 bits per heavy atom. The number of hydrogen-bond donors (Lipinski definition) is 2. The quantitative estimate of drug-likeness (QED) is 0.613. The minimum Gasteiger partial charge on any atom is -0.508 e. The van der Waals surface area contributed by atoms with Crippen LogP contribution in [-0.4, -0.2) is 18.2 Å². The third kappa shape index (κ3) is 2.02. The van der Waals surface area contributed by atoms with Gasteiger partial charge in [-0.05, 0) is 6.07 Å². The molecule has 0 aromatic heterocycles. The third-order valence-corrected chi connectivity index (χ3v) is 1.46. The maximum absolute atomic E-state index is 11.0. The van der Waals surface area contributed by atoms with Gasteiger partial charge in [-0.15, -0.1) is 0 Å². The SMILES string of the molecule is COC(=O)c1cc(O)cc([NH+]=O)c1. The van der Waals surface area contributed by atoms with Gasteiger partial charge >= 0.3 is 5.97 Å². The molecule has 0 aliphatic carbocycles. The zero-order valence-electron chi connectivity index (χ0n) is 6.90. The van der Waals surface area contributed by atoms with Gasteiger partial charge in [0.15, 0.2) is 0 Å². The number of carbonyl (C=O) groups is 1. The smallest absolute Gasteiger partial charge is 0.338 e. The van der Waals surface area contributed by atoms with Crippen molar-refractivity contribution in [3.8, 4) is 5.75 Å². The summed E-state index contributed by atoms with van der Waals surface area (Å²) in [6.07, 6.45) is 0. The van der Waals surface area contributed by atoms with Crippen molar-refractivity contribution in [1.82, 2.24) is 0 Å². The van der Waals surface area contributed by atoms with Gasteiger partial charge in [0.25, 0.3) is 5.69 Å². The van der Waals surface area contributed by atoms with Crippen LogP contribution in [-0.2, 0) is 4.74 Å². The molecule has 0 heterocycles. The minimum absolute atomic E-state index is 0.111. The van der Waals surface area contributed by atoms with Crippen molar-refractivity contribution in [3.05, 3.63) is 28.7 Å². The summed E-state index contributed by atoms with van der Waals surface area (Å²) in [5.74, 6) is -0.770. The average Bonchev–Trinajstić information content (AvgIpc) is 2.15. The topological polar surface area (TPSA) is 77.6 Å². The van der Waals surface area contributed by atoms with E-state index in [2.05, 4.69) is 4.74 Å². The van der Waals surface area contributed by atoms with E-state index in [9.17, 15) is 9.70 Å². The molecule has 0 atom stereocenters. The molecular formula is C8H8NO4+. The lowest BCUT2D eigenvalue weighted by molar-refractivity contribution is -0.379. The molecule has 0 saturated heterocycles. The van der Waals surface area contributed by atoms with E-state index >= 15 is 0 Å². The Balaban J connectivity index is 3.15. The zero-order chi connectivity index (χ0) is 9.84. The lowest BCUT2D eigenvalue weighted by Crippen LogP contribution is -2.55. The van der Waals surface area contributed by atoms with Crippen molar-refractivity contribution in [2.45, 2.75) is 0 Å². The Kier molecular flexibility index (Phi) is 2.59. The molecular weight excluding hydrogens is 174 g/mol. The number of methoxy groups -OCH3 is 1. The number of phenolic OH excluding ortho intramolecular Hbond substituents is 1. The molecule has 1 rings (SSSR count). The molecule has 0 aliphatic rings. The molecule has 0 radical (unpaired) electrons. The van der Waals surface area contributed by atoms with E-state index in [0.29, 0.717) is 0 Å². The highest BCUT2D eigenvalue weighted by Gasteiger charge is 2.11. The fourth-order valence-corrected chi connectivity index (χ4v) is 0.906. The minimum atomic E-state index is -0.604. The van der Waals surface area contributed by atoms with Gasteiger partial charge in [0.05, 0.1) is 18.7 Å². The summed E-state index contributed by atoms with van der Waals surface area (Å²) in [5.41, 5.74) is 0.237. The van der Waals surface area contributed by atoms with Gasteiger partial charge in [-0.25, -0.2) is 4.79 Å². The standard InChI is InChI=1S/C8H7NO4/c1-13-8(11)5-2-6(9-12)4-7(10)3-5/h2-4,10H,1H3/p+1. The number of nitroso groups, excluding NO2 is 1. The second kappa shape index (κ2) is 3.66. The molecule has 5 heteroatoms. The van der Waals surface area contributed by atoms with Gasteiger partial charge in [-0.1, -0.05) is 0 Å². The first-order valence-electron chi connectivity index (χ1n) is 3.48. The van der Waals surface area contributed by atoms with E-state index in [4.69, 9.17) is 5.11 Å². The van der Waals surface area contributed by atoms with Crippen LogP contribution < -0.4 is 5.18 Å². The number of ether oxygens (including phenoxy) is 1. The molecule has 2 N–H and O–H groups in total. The molecule has 1 aromatic carbocycles. The Hall–Kier alpha value is -1.91. The summed E-state index contributed by atoms with van der Waals surface area (Å²) in [4.78, 5) is 21.2. The van der Waals surface area contributed by atoms with Crippen LogP contribution in [0.5, 0.6) is 5.75 Å². The molecule has 0 amide bonds. The van der Waals surface area contributed by atoms with Crippen molar-refractivity contribution in [2.24, 2.45) is 0 Å². The largest absolute Gasteiger partial charge is 0.508 e. The highest BCUT2D eigenvalue weighted by molar-refractivity contribution is 5.90. The van der Waals surface area contributed by atoms with Crippen molar-refractivity contribution in [1.29, 1.82) is 0 Å². The molecule has 13 heavy (non-hydrogen) atoms. The molecule has 1 aromatic rings. The fourth-order valence-electron chi connectivity index (χ4n) is 0.906. The number of rotatable bonds is 2. The first-order valence-corrected chi connectivity index (χ1v) is 3.48.